The second-order valence-corrected chi connectivity index (χ2v) is 7.83. The van der Waals surface area contributed by atoms with Gasteiger partial charge >= 0.3 is 0 Å². The van der Waals surface area contributed by atoms with Crippen molar-refractivity contribution in [3.05, 3.63) is 52.7 Å². The summed E-state index contributed by atoms with van der Waals surface area (Å²) < 4.78 is 25.0. The lowest BCUT2D eigenvalue weighted by atomic mass is 9.98. The summed E-state index contributed by atoms with van der Waals surface area (Å²) in [6.45, 7) is 5.51. The minimum atomic E-state index is -0.266. The quantitative estimate of drug-likeness (QED) is 0.523. The first-order valence-electron chi connectivity index (χ1n) is 9.92. The molecule has 1 aromatic heterocycles. The third-order valence-electron chi connectivity index (χ3n) is 5.55. The Morgan fingerprint density at radius 1 is 1.34 bits per heavy atom. The summed E-state index contributed by atoms with van der Waals surface area (Å²) in [5.74, 6) is 0.531. The van der Waals surface area contributed by atoms with Crippen molar-refractivity contribution in [1.82, 2.24) is 4.98 Å². The standard InChI is InChI=1S/C23H24FNO4/c1-12(15-6-8-17(24)9-7-15)10-11-28-22-20(27)18(14(3)26)13(2)19-21(22)29-23(25-19)16-4-5-16/h6-9,12,16,27H,4-5,10-11H2,1-3H3. The second kappa shape index (κ2) is 7.50. The van der Waals surface area contributed by atoms with Crippen LogP contribution in [0.4, 0.5) is 4.39 Å². The average molecular weight is 397 g/mol. The zero-order valence-electron chi connectivity index (χ0n) is 16.8. The number of Topliss-reactive ketones (excluding diaryl/α,β-unsaturated/α-hetero) is 1. The topological polar surface area (TPSA) is 72.6 Å². The molecule has 4 rings (SSSR count). The fourth-order valence-electron chi connectivity index (χ4n) is 3.63. The number of phenols is 1. The summed E-state index contributed by atoms with van der Waals surface area (Å²) in [6, 6.07) is 6.39. The zero-order valence-corrected chi connectivity index (χ0v) is 16.8. The van der Waals surface area contributed by atoms with E-state index in [0.29, 0.717) is 41.5 Å². The lowest BCUT2D eigenvalue weighted by molar-refractivity contribution is 0.101. The number of aromatic nitrogens is 1. The Kier molecular flexibility index (Phi) is 5.03. The van der Waals surface area contributed by atoms with Crippen molar-refractivity contribution >= 4 is 16.9 Å². The van der Waals surface area contributed by atoms with Crippen molar-refractivity contribution in [2.45, 2.75) is 51.9 Å². The van der Waals surface area contributed by atoms with Gasteiger partial charge in [-0.05, 0) is 62.3 Å². The van der Waals surface area contributed by atoms with E-state index >= 15 is 0 Å². The minimum absolute atomic E-state index is 0.141. The molecule has 1 atom stereocenters. The molecule has 0 spiro atoms. The van der Waals surface area contributed by atoms with Gasteiger partial charge in [-0.25, -0.2) is 9.37 Å². The smallest absolute Gasteiger partial charge is 0.207 e. The molecule has 1 N–H and O–H groups in total. The Morgan fingerprint density at radius 2 is 2.03 bits per heavy atom. The Morgan fingerprint density at radius 3 is 2.66 bits per heavy atom. The molecule has 1 saturated carbocycles. The molecule has 1 fully saturated rings. The summed E-state index contributed by atoms with van der Waals surface area (Å²) >= 11 is 0. The number of benzene rings is 2. The highest BCUT2D eigenvalue weighted by molar-refractivity contribution is 6.04. The number of phenolic OH excluding ortho intramolecular Hbond substituents is 1. The van der Waals surface area contributed by atoms with Crippen LogP contribution in [0.3, 0.4) is 0 Å². The highest BCUT2D eigenvalue weighted by atomic mass is 19.1. The van der Waals surface area contributed by atoms with Crippen molar-refractivity contribution in [2.75, 3.05) is 6.61 Å². The van der Waals surface area contributed by atoms with E-state index in [9.17, 15) is 14.3 Å². The maximum absolute atomic E-state index is 13.1. The van der Waals surface area contributed by atoms with E-state index in [1.165, 1.54) is 19.1 Å². The summed E-state index contributed by atoms with van der Waals surface area (Å²) in [5, 5.41) is 10.7. The highest BCUT2D eigenvalue weighted by Crippen LogP contribution is 2.46. The van der Waals surface area contributed by atoms with Gasteiger partial charge in [-0.1, -0.05) is 19.1 Å². The highest BCUT2D eigenvalue weighted by Gasteiger charge is 2.32. The van der Waals surface area contributed by atoms with Crippen molar-refractivity contribution in [3.8, 4) is 11.5 Å². The fourth-order valence-corrected chi connectivity index (χ4v) is 3.63. The Labute approximate surface area is 168 Å². The van der Waals surface area contributed by atoms with Gasteiger partial charge in [0.1, 0.15) is 11.3 Å². The van der Waals surface area contributed by atoms with E-state index in [-0.39, 0.29) is 34.6 Å². The SMILES string of the molecule is CC(=O)c1c(O)c(OCCC(C)c2ccc(F)cc2)c2oc(C3CC3)nc2c1C. The average Bonchev–Trinajstić information content (AvgIpc) is 3.43. The molecule has 1 aliphatic carbocycles. The number of carbonyl (C=O) groups excluding carboxylic acids is 1. The zero-order chi connectivity index (χ0) is 20.7. The van der Waals surface area contributed by atoms with Crippen LogP contribution >= 0.6 is 0 Å². The van der Waals surface area contributed by atoms with Gasteiger partial charge in [-0.2, -0.15) is 0 Å². The van der Waals surface area contributed by atoms with E-state index in [2.05, 4.69) is 4.98 Å². The Balaban J connectivity index is 1.61. The van der Waals surface area contributed by atoms with Crippen LogP contribution in [-0.2, 0) is 0 Å². The summed E-state index contributed by atoms with van der Waals surface area (Å²) in [5.41, 5.74) is 2.79. The normalized spacial score (nSPS) is 14.9. The van der Waals surface area contributed by atoms with Gasteiger partial charge in [0.25, 0.3) is 0 Å². The molecule has 0 saturated heterocycles. The van der Waals surface area contributed by atoms with Crippen LogP contribution in [0.2, 0.25) is 0 Å². The van der Waals surface area contributed by atoms with Crippen LogP contribution in [0.15, 0.2) is 28.7 Å². The lowest BCUT2D eigenvalue weighted by Crippen LogP contribution is -2.06. The third kappa shape index (κ3) is 3.71. The molecular formula is C23H24FNO4. The molecule has 29 heavy (non-hydrogen) atoms. The number of rotatable bonds is 7. The number of fused-ring (bicyclic) bond motifs is 1. The van der Waals surface area contributed by atoms with E-state index in [1.807, 2.05) is 6.92 Å². The first kappa shape index (κ1) is 19.4. The van der Waals surface area contributed by atoms with Gasteiger partial charge in [-0.3, -0.25) is 4.79 Å². The molecule has 2 aromatic carbocycles. The maximum atomic E-state index is 13.1. The molecular weight excluding hydrogens is 373 g/mol. The number of ketones is 1. The van der Waals surface area contributed by atoms with Crippen LogP contribution in [0.1, 0.15) is 72.3 Å². The molecule has 1 heterocycles. The number of aromatic hydroxyl groups is 1. The largest absolute Gasteiger partial charge is 0.504 e. The van der Waals surface area contributed by atoms with Crippen LogP contribution < -0.4 is 4.74 Å². The number of aryl methyl sites for hydroxylation is 1. The van der Waals surface area contributed by atoms with Crippen LogP contribution in [0.25, 0.3) is 11.1 Å². The molecule has 0 aliphatic heterocycles. The van der Waals surface area contributed by atoms with Gasteiger partial charge in [0.2, 0.25) is 11.3 Å². The van der Waals surface area contributed by atoms with Crippen molar-refractivity contribution in [3.63, 3.8) is 0 Å². The van der Waals surface area contributed by atoms with E-state index in [4.69, 9.17) is 9.15 Å². The Bertz CT molecular complexity index is 1070. The van der Waals surface area contributed by atoms with E-state index in [1.54, 1.807) is 19.1 Å². The molecule has 3 aromatic rings. The second-order valence-electron chi connectivity index (χ2n) is 7.83. The number of hydrogen-bond donors (Lipinski definition) is 1. The minimum Gasteiger partial charge on any atom is -0.504 e. The fraction of sp³-hybridized carbons (Fsp3) is 0.391. The predicted octanol–water partition coefficient (Wildman–Crippen LogP) is 5.63. The molecule has 1 unspecified atom stereocenters. The number of nitrogens with zero attached hydrogens (tertiary/aromatic N) is 1. The molecule has 5 nitrogen and oxygen atoms in total. The number of oxazole rings is 1. The number of ether oxygens (including phenoxy) is 1. The summed E-state index contributed by atoms with van der Waals surface area (Å²) in [4.78, 5) is 16.7. The molecule has 0 amide bonds. The maximum Gasteiger partial charge on any atom is 0.207 e. The van der Waals surface area contributed by atoms with Crippen LogP contribution in [-0.4, -0.2) is 22.5 Å². The van der Waals surface area contributed by atoms with Crippen LogP contribution in [0, 0.1) is 12.7 Å². The van der Waals surface area contributed by atoms with Gasteiger partial charge in [0.15, 0.2) is 17.4 Å². The van der Waals surface area contributed by atoms with Gasteiger partial charge in [-0.15, -0.1) is 0 Å². The Hall–Kier alpha value is -2.89. The van der Waals surface area contributed by atoms with E-state index in [0.717, 1.165) is 18.4 Å². The van der Waals surface area contributed by atoms with Gasteiger partial charge in [0, 0.05) is 5.92 Å². The van der Waals surface area contributed by atoms with Crippen molar-refractivity contribution in [2.24, 2.45) is 0 Å². The summed E-state index contributed by atoms with van der Waals surface area (Å²) in [6.07, 6.45) is 2.71. The first-order chi connectivity index (χ1) is 13.9. The lowest BCUT2D eigenvalue weighted by Gasteiger charge is -2.15. The molecule has 1 aliphatic rings. The number of carbonyl (C=O) groups is 1. The third-order valence-corrected chi connectivity index (χ3v) is 5.55. The van der Waals surface area contributed by atoms with Gasteiger partial charge < -0.3 is 14.3 Å². The monoisotopic (exact) mass is 397 g/mol. The van der Waals surface area contributed by atoms with Crippen molar-refractivity contribution < 1.29 is 23.4 Å². The predicted molar refractivity (Wildman–Crippen MR) is 107 cm³/mol. The molecule has 0 bridgehead atoms. The first-order valence-corrected chi connectivity index (χ1v) is 9.92. The number of hydrogen-bond acceptors (Lipinski definition) is 5. The molecule has 6 heteroatoms. The molecule has 0 radical (unpaired) electrons. The molecule has 152 valence electrons. The van der Waals surface area contributed by atoms with Crippen molar-refractivity contribution in [1.29, 1.82) is 0 Å². The van der Waals surface area contributed by atoms with Crippen LogP contribution in [0.5, 0.6) is 11.5 Å². The summed E-state index contributed by atoms with van der Waals surface area (Å²) in [7, 11) is 0. The van der Waals surface area contributed by atoms with E-state index < -0.39 is 0 Å². The number of halogens is 1. The van der Waals surface area contributed by atoms with Gasteiger partial charge in [0.05, 0.1) is 12.2 Å².